The van der Waals surface area contributed by atoms with Gasteiger partial charge in [-0.3, -0.25) is 0 Å². The zero-order chi connectivity index (χ0) is 33.7. The van der Waals surface area contributed by atoms with Crippen LogP contribution in [0.3, 0.4) is 0 Å². The molecule has 51 heavy (non-hydrogen) atoms. The lowest BCUT2D eigenvalue weighted by molar-refractivity contribution is 1.16. The molecule has 0 saturated heterocycles. The van der Waals surface area contributed by atoms with Crippen LogP contribution in [0.15, 0.2) is 182 Å². The Hall–Kier alpha value is -6.91. The van der Waals surface area contributed by atoms with Gasteiger partial charge in [0.05, 0.1) is 33.6 Å². The molecule has 0 amide bonds. The minimum Gasteiger partial charge on any atom is -0.309 e. The van der Waals surface area contributed by atoms with Crippen molar-refractivity contribution < 1.29 is 0 Å². The molecule has 0 spiro atoms. The summed E-state index contributed by atoms with van der Waals surface area (Å²) in [7, 11) is 0. The summed E-state index contributed by atoms with van der Waals surface area (Å²) in [4.78, 5) is 15.6. The van der Waals surface area contributed by atoms with E-state index in [-0.39, 0.29) is 0 Å². The smallest absolute Gasteiger partial charge is 0.160 e. The number of pyridine rings is 1. The van der Waals surface area contributed by atoms with Crippen molar-refractivity contribution in [1.82, 2.24) is 19.5 Å². The van der Waals surface area contributed by atoms with Gasteiger partial charge in [-0.2, -0.15) is 0 Å². The second-order valence-electron chi connectivity index (χ2n) is 12.8. The van der Waals surface area contributed by atoms with E-state index in [1.54, 1.807) is 0 Å². The average molecular weight is 651 g/mol. The Kier molecular flexibility index (Phi) is 6.78. The molecule has 238 valence electrons. The summed E-state index contributed by atoms with van der Waals surface area (Å²) in [6.07, 6.45) is 0. The average Bonchev–Trinajstić information content (AvgIpc) is 3.54. The zero-order valence-corrected chi connectivity index (χ0v) is 27.6. The fourth-order valence-electron chi connectivity index (χ4n) is 7.44. The fraction of sp³-hybridized carbons (Fsp3) is 0. The molecule has 10 rings (SSSR count). The number of para-hydroxylation sites is 3. The van der Waals surface area contributed by atoms with Crippen molar-refractivity contribution >= 4 is 43.5 Å². The highest BCUT2D eigenvalue weighted by molar-refractivity contribution is 6.21. The van der Waals surface area contributed by atoms with Crippen LogP contribution in [0.1, 0.15) is 0 Å². The molecule has 0 aliphatic rings. The van der Waals surface area contributed by atoms with Crippen LogP contribution < -0.4 is 0 Å². The van der Waals surface area contributed by atoms with Gasteiger partial charge in [-0.15, -0.1) is 0 Å². The molecule has 3 heterocycles. The van der Waals surface area contributed by atoms with E-state index in [2.05, 4.69) is 162 Å². The maximum Gasteiger partial charge on any atom is 0.160 e. The van der Waals surface area contributed by atoms with Gasteiger partial charge in [0.25, 0.3) is 0 Å². The number of aromatic nitrogens is 4. The van der Waals surface area contributed by atoms with E-state index in [4.69, 9.17) is 15.0 Å². The molecule has 10 aromatic rings. The monoisotopic (exact) mass is 650 g/mol. The number of fused-ring (bicyclic) bond motifs is 6. The molecule has 0 aliphatic carbocycles. The second-order valence-corrected chi connectivity index (χ2v) is 12.8. The first kappa shape index (κ1) is 29.0. The molecule has 0 aliphatic heterocycles. The van der Waals surface area contributed by atoms with Crippen LogP contribution >= 0.6 is 0 Å². The van der Waals surface area contributed by atoms with Crippen molar-refractivity contribution in [2.24, 2.45) is 0 Å². The first-order valence-corrected chi connectivity index (χ1v) is 17.2. The van der Waals surface area contributed by atoms with E-state index >= 15 is 0 Å². The van der Waals surface area contributed by atoms with E-state index in [0.29, 0.717) is 5.82 Å². The lowest BCUT2D eigenvalue weighted by atomic mass is 9.97. The molecule has 0 fully saturated rings. The van der Waals surface area contributed by atoms with Crippen LogP contribution in [0, 0.1) is 0 Å². The van der Waals surface area contributed by atoms with Gasteiger partial charge >= 0.3 is 0 Å². The van der Waals surface area contributed by atoms with Gasteiger partial charge < -0.3 is 4.57 Å². The molecule has 7 aromatic carbocycles. The summed E-state index contributed by atoms with van der Waals surface area (Å²) >= 11 is 0. The maximum absolute atomic E-state index is 5.27. The van der Waals surface area contributed by atoms with Crippen molar-refractivity contribution in [1.29, 1.82) is 0 Å². The largest absolute Gasteiger partial charge is 0.309 e. The third-order valence-electron chi connectivity index (χ3n) is 9.77. The van der Waals surface area contributed by atoms with Gasteiger partial charge in [0, 0.05) is 49.5 Å². The van der Waals surface area contributed by atoms with Crippen LogP contribution in [0.2, 0.25) is 0 Å². The van der Waals surface area contributed by atoms with E-state index in [9.17, 15) is 0 Å². The summed E-state index contributed by atoms with van der Waals surface area (Å²) in [6.45, 7) is 0. The summed E-state index contributed by atoms with van der Waals surface area (Å²) in [5, 5.41) is 5.76. The summed E-state index contributed by atoms with van der Waals surface area (Å²) in [5.74, 6) is 0.696. The predicted octanol–water partition coefficient (Wildman–Crippen LogP) is 11.9. The highest BCUT2D eigenvalue weighted by Gasteiger charge is 2.21. The van der Waals surface area contributed by atoms with Gasteiger partial charge in [0.15, 0.2) is 5.82 Å². The highest BCUT2D eigenvalue weighted by atomic mass is 15.0. The topological polar surface area (TPSA) is 43.6 Å². The Morgan fingerprint density at radius 1 is 0.373 bits per heavy atom. The molecule has 0 bridgehead atoms. The van der Waals surface area contributed by atoms with Gasteiger partial charge in [-0.1, -0.05) is 146 Å². The number of rotatable bonds is 5. The normalized spacial score (nSPS) is 11.5. The number of benzene rings is 7. The first-order valence-electron chi connectivity index (χ1n) is 17.2. The lowest BCUT2D eigenvalue weighted by Gasteiger charge is -2.14. The molecule has 0 radical (unpaired) electrons. The quantitative estimate of drug-likeness (QED) is 0.174. The standard InChI is InChI=1S/C47H30N4/c1-5-16-31(17-6-1)42-30-43(50-47(49-42)33-20-9-3-10-21-33)37-26-15-25-36-39-28-40-38(29-44(39)51(46(36)37)34-22-11-4-12-23-34)35-24-13-14-27-41(35)48-45(40)32-18-7-2-8-19-32/h1-30H. The Balaban J connectivity index is 1.34. The van der Waals surface area contributed by atoms with Gasteiger partial charge in [-0.25, -0.2) is 15.0 Å². The van der Waals surface area contributed by atoms with Crippen molar-refractivity contribution in [3.8, 4) is 50.8 Å². The number of nitrogens with zero attached hydrogens (tertiary/aromatic N) is 4. The SMILES string of the molecule is c1ccc(-c2cc(-c3cccc4c5cc6c(-c7ccccc7)nc7ccccc7c6cc5n(-c5ccccc5)c34)nc(-c3ccccc3)n2)cc1. The molecule has 0 atom stereocenters. The minimum absolute atomic E-state index is 0.696. The van der Waals surface area contributed by atoms with E-state index in [1.165, 1.54) is 5.39 Å². The van der Waals surface area contributed by atoms with Gasteiger partial charge in [0.1, 0.15) is 0 Å². The fourth-order valence-corrected chi connectivity index (χ4v) is 7.44. The van der Waals surface area contributed by atoms with Crippen LogP contribution in [0.4, 0.5) is 0 Å². The van der Waals surface area contributed by atoms with Crippen LogP contribution in [-0.4, -0.2) is 19.5 Å². The molecule has 0 unspecified atom stereocenters. The summed E-state index contributed by atoms with van der Waals surface area (Å²) in [5.41, 5.74) is 11.2. The van der Waals surface area contributed by atoms with Crippen LogP contribution in [-0.2, 0) is 0 Å². The number of hydrogen-bond acceptors (Lipinski definition) is 3. The number of hydrogen-bond donors (Lipinski definition) is 0. The molecule has 3 aromatic heterocycles. The van der Waals surface area contributed by atoms with E-state index in [1.807, 2.05) is 24.3 Å². The minimum atomic E-state index is 0.696. The highest BCUT2D eigenvalue weighted by Crippen LogP contribution is 2.43. The first-order chi connectivity index (χ1) is 25.3. The molecule has 4 heteroatoms. The van der Waals surface area contributed by atoms with E-state index in [0.717, 1.165) is 83.1 Å². The maximum atomic E-state index is 5.27. The predicted molar refractivity (Wildman–Crippen MR) is 211 cm³/mol. The third kappa shape index (κ3) is 4.88. The molecular formula is C47H30N4. The van der Waals surface area contributed by atoms with Crippen molar-refractivity contribution in [3.63, 3.8) is 0 Å². The Bertz CT molecular complexity index is 2820. The van der Waals surface area contributed by atoms with Crippen LogP contribution in [0.25, 0.3) is 94.3 Å². The second kappa shape index (κ2) is 11.9. The molecule has 4 nitrogen and oxygen atoms in total. The Morgan fingerprint density at radius 2 is 0.980 bits per heavy atom. The molecule has 0 saturated carbocycles. The Morgan fingerprint density at radius 3 is 1.73 bits per heavy atom. The van der Waals surface area contributed by atoms with Crippen LogP contribution in [0.5, 0.6) is 0 Å². The summed E-state index contributed by atoms with van der Waals surface area (Å²) in [6, 6.07) is 63.7. The van der Waals surface area contributed by atoms with Gasteiger partial charge in [-0.05, 0) is 41.8 Å². The zero-order valence-electron chi connectivity index (χ0n) is 27.6. The van der Waals surface area contributed by atoms with Crippen molar-refractivity contribution in [2.45, 2.75) is 0 Å². The van der Waals surface area contributed by atoms with Gasteiger partial charge in [0.2, 0.25) is 0 Å². The third-order valence-corrected chi connectivity index (χ3v) is 9.77. The lowest BCUT2D eigenvalue weighted by Crippen LogP contribution is -1.99. The molecular weight excluding hydrogens is 621 g/mol. The summed E-state index contributed by atoms with van der Waals surface area (Å²) < 4.78 is 2.41. The van der Waals surface area contributed by atoms with Crippen molar-refractivity contribution in [3.05, 3.63) is 182 Å². The van der Waals surface area contributed by atoms with E-state index < -0.39 is 0 Å². The molecule has 0 N–H and O–H groups in total. The Labute approximate surface area is 295 Å². The van der Waals surface area contributed by atoms with Crippen molar-refractivity contribution in [2.75, 3.05) is 0 Å².